The van der Waals surface area contributed by atoms with Crippen LogP contribution in [-0.4, -0.2) is 42.8 Å². The number of unbranched alkanes of at least 4 members (excludes halogenated alkanes) is 25. The van der Waals surface area contributed by atoms with Gasteiger partial charge in [0.2, 0.25) is 0 Å². The van der Waals surface area contributed by atoms with Gasteiger partial charge in [0, 0.05) is 12.8 Å². The van der Waals surface area contributed by atoms with E-state index in [0.717, 1.165) is 70.6 Å². The van der Waals surface area contributed by atoms with Gasteiger partial charge in [0.15, 0.2) is 6.10 Å². The summed E-state index contributed by atoms with van der Waals surface area (Å²) in [7, 11) is -4.28. The molecule has 0 bridgehead atoms. The molecule has 0 amide bonds. The Balaban J connectivity index is 3.99. The monoisotopic (exact) mass is 811 g/mol. The summed E-state index contributed by atoms with van der Waals surface area (Å²) in [6, 6.07) is 0. The van der Waals surface area contributed by atoms with Crippen LogP contribution in [0.2, 0.25) is 0 Å². The summed E-state index contributed by atoms with van der Waals surface area (Å²) >= 11 is 0. The second kappa shape index (κ2) is 42.9. The van der Waals surface area contributed by atoms with Crippen LogP contribution >= 0.6 is 7.82 Å². The Morgan fingerprint density at radius 1 is 0.500 bits per heavy atom. The number of phosphoric acid groups is 1. The van der Waals surface area contributed by atoms with E-state index in [0.29, 0.717) is 12.8 Å². The van der Waals surface area contributed by atoms with Gasteiger partial charge in [-0.25, -0.2) is 4.57 Å². The van der Waals surface area contributed by atoms with Crippen LogP contribution in [0.4, 0.5) is 0 Å². The first-order chi connectivity index (χ1) is 27.3. The van der Waals surface area contributed by atoms with Crippen LogP contribution in [0.15, 0.2) is 36.5 Å². The number of hydrogen-bond donors (Lipinski definition) is 1. The molecule has 0 saturated heterocycles. The smallest absolute Gasteiger partial charge is 0.462 e. The summed E-state index contributed by atoms with van der Waals surface area (Å²) in [4.78, 5) is 34.8. The van der Waals surface area contributed by atoms with Gasteiger partial charge in [-0.2, -0.15) is 0 Å². The van der Waals surface area contributed by atoms with Crippen LogP contribution < -0.4 is 0 Å². The van der Waals surface area contributed by atoms with Gasteiger partial charge in [0.05, 0.1) is 13.2 Å². The van der Waals surface area contributed by atoms with E-state index in [-0.39, 0.29) is 25.6 Å². The van der Waals surface area contributed by atoms with E-state index < -0.39 is 26.5 Å². The van der Waals surface area contributed by atoms with E-state index >= 15 is 0 Å². The molecule has 328 valence electrons. The number of carbonyl (C=O) groups is 2. The van der Waals surface area contributed by atoms with Crippen molar-refractivity contribution in [3.8, 4) is 0 Å². The summed E-state index contributed by atoms with van der Waals surface area (Å²) in [5, 5.41) is 0. The van der Waals surface area contributed by atoms with E-state index in [4.69, 9.17) is 18.5 Å². The zero-order valence-electron chi connectivity index (χ0n) is 36.5. The zero-order chi connectivity index (χ0) is 41.1. The third-order valence-electron chi connectivity index (χ3n) is 9.96. The van der Waals surface area contributed by atoms with Gasteiger partial charge < -0.3 is 14.4 Å². The van der Waals surface area contributed by atoms with Crippen molar-refractivity contribution in [3.05, 3.63) is 36.5 Å². The maximum atomic E-state index is 12.6. The highest BCUT2D eigenvalue weighted by atomic mass is 31.2. The van der Waals surface area contributed by atoms with Crippen LogP contribution in [0.3, 0.4) is 0 Å². The van der Waals surface area contributed by atoms with Crippen molar-refractivity contribution in [2.24, 2.45) is 0 Å². The van der Waals surface area contributed by atoms with Crippen molar-refractivity contribution in [1.29, 1.82) is 0 Å². The molecule has 0 saturated carbocycles. The highest BCUT2D eigenvalue weighted by Gasteiger charge is 2.25. The van der Waals surface area contributed by atoms with Crippen LogP contribution in [0, 0.1) is 0 Å². The van der Waals surface area contributed by atoms with Crippen molar-refractivity contribution >= 4 is 19.8 Å². The Morgan fingerprint density at radius 3 is 1.38 bits per heavy atom. The minimum absolute atomic E-state index is 0.00242. The lowest BCUT2D eigenvalue weighted by molar-refractivity contribution is -0.161. The molecular formula is C47H87O8P. The Bertz CT molecular complexity index is 1010. The first-order valence-electron chi connectivity index (χ1n) is 23.3. The molecule has 8 nitrogen and oxygen atoms in total. The topological polar surface area (TPSA) is 108 Å². The predicted octanol–water partition coefficient (Wildman–Crippen LogP) is 14.8. The highest BCUT2D eigenvalue weighted by Crippen LogP contribution is 2.43. The maximum Gasteiger partial charge on any atom is 0.472 e. The molecule has 0 aromatic rings. The van der Waals surface area contributed by atoms with Gasteiger partial charge in [0.1, 0.15) is 6.61 Å². The second-order valence-corrected chi connectivity index (χ2v) is 16.9. The summed E-state index contributed by atoms with van der Waals surface area (Å²) in [6.45, 7) is 5.37. The van der Waals surface area contributed by atoms with Crippen LogP contribution in [0.25, 0.3) is 0 Å². The van der Waals surface area contributed by atoms with Crippen molar-refractivity contribution in [2.45, 2.75) is 232 Å². The Kier molecular flexibility index (Phi) is 41.5. The molecule has 2 atom stereocenters. The number of rotatable bonds is 43. The fourth-order valence-corrected chi connectivity index (χ4v) is 7.34. The fraction of sp³-hybridized carbons (Fsp3) is 0.830. The minimum atomic E-state index is -4.28. The SMILES string of the molecule is CC/C=C\C/C=C\C/C=C\CCCCCCCC(=O)OC(COC(=O)CCCCCCCCCCCCCCCCCCCCCCC)COP(=O)(O)OCC. The maximum absolute atomic E-state index is 12.6. The normalized spacial score (nSPS) is 13.6. The number of allylic oxidation sites excluding steroid dienone is 6. The van der Waals surface area contributed by atoms with Crippen LogP contribution in [0.1, 0.15) is 226 Å². The number of ether oxygens (including phenoxy) is 2. The summed E-state index contributed by atoms with van der Waals surface area (Å²) < 4.78 is 32.7. The molecular weight excluding hydrogens is 723 g/mol. The molecule has 1 N–H and O–H groups in total. The molecule has 0 aromatic carbocycles. The van der Waals surface area contributed by atoms with Gasteiger partial charge in [-0.3, -0.25) is 18.6 Å². The molecule has 0 heterocycles. The largest absolute Gasteiger partial charge is 0.472 e. The average molecular weight is 811 g/mol. The lowest BCUT2D eigenvalue weighted by Crippen LogP contribution is -2.29. The summed E-state index contributed by atoms with van der Waals surface area (Å²) in [6.07, 6.45) is 49.2. The molecule has 0 aromatic heterocycles. The Hall–Kier alpha value is -1.73. The van der Waals surface area contributed by atoms with Crippen LogP contribution in [-0.2, 0) is 32.7 Å². The van der Waals surface area contributed by atoms with E-state index in [2.05, 4.69) is 50.3 Å². The van der Waals surface area contributed by atoms with Crippen molar-refractivity contribution in [3.63, 3.8) is 0 Å². The molecule has 0 spiro atoms. The molecule has 2 unspecified atom stereocenters. The molecule has 0 rings (SSSR count). The van der Waals surface area contributed by atoms with E-state index in [1.165, 1.54) is 116 Å². The predicted molar refractivity (Wildman–Crippen MR) is 235 cm³/mol. The summed E-state index contributed by atoms with van der Waals surface area (Å²) in [5.41, 5.74) is 0. The van der Waals surface area contributed by atoms with Gasteiger partial charge in [-0.15, -0.1) is 0 Å². The van der Waals surface area contributed by atoms with E-state index in [1.807, 2.05) is 0 Å². The standard InChI is InChI=1S/C47H87O8P/c1-4-7-9-11-13-15-17-19-21-22-23-24-25-26-28-29-31-33-35-37-39-41-46(48)52-43-45(44-54-56(50,51)53-6-3)55-47(49)42-40-38-36-34-32-30-27-20-18-16-14-12-10-8-5-2/h8,10,14,16,20,27,45H,4-7,9,11-13,15,17-19,21-26,28-44H2,1-3H3,(H,50,51)/b10-8-,16-14-,27-20-. The Labute approximate surface area is 345 Å². The molecule has 56 heavy (non-hydrogen) atoms. The minimum Gasteiger partial charge on any atom is -0.462 e. The quantitative estimate of drug-likeness (QED) is 0.0281. The van der Waals surface area contributed by atoms with Gasteiger partial charge >= 0.3 is 19.8 Å². The first kappa shape index (κ1) is 54.3. The number of esters is 2. The highest BCUT2D eigenvalue weighted by molar-refractivity contribution is 7.47. The van der Waals surface area contributed by atoms with Crippen molar-refractivity contribution < 1.29 is 37.6 Å². The molecule has 0 fully saturated rings. The van der Waals surface area contributed by atoms with Crippen LogP contribution in [0.5, 0.6) is 0 Å². The third-order valence-corrected chi connectivity index (χ3v) is 11.0. The Morgan fingerprint density at radius 2 is 0.911 bits per heavy atom. The number of hydrogen-bond acceptors (Lipinski definition) is 7. The molecule has 0 radical (unpaired) electrons. The molecule has 0 aliphatic carbocycles. The number of phosphoric ester groups is 1. The van der Waals surface area contributed by atoms with Crippen molar-refractivity contribution in [2.75, 3.05) is 19.8 Å². The van der Waals surface area contributed by atoms with E-state index in [9.17, 15) is 19.0 Å². The number of carbonyl (C=O) groups excluding carboxylic acids is 2. The fourth-order valence-electron chi connectivity index (χ4n) is 6.59. The summed E-state index contributed by atoms with van der Waals surface area (Å²) in [5.74, 6) is -0.809. The van der Waals surface area contributed by atoms with Gasteiger partial charge in [0.25, 0.3) is 0 Å². The molecule has 9 heteroatoms. The second-order valence-electron chi connectivity index (χ2n) is 15.4. The van der Waals surface area contributed by atoms with Gasteiger partial charge in [-0.05, 0) is 51.9 Å². The average Bonchev–Trinajstić information content (AvgIpc) is 3.18. The third kappa shape index (κ3) is 41.9. The van der Waals surface area contributed by atoms with Gasteiger partial charge in [-0.1, -0.05) is 198 Å². The lowest BCUT2D eigenvalue weighted by atomic mass is 10.0. The molecule has 0 aliphatic heterocycles. The zero-order valence-corrected chi connectivity index (χ0v) is 37.4. The molecule has 0 aliphatic rings. The lowest BCUT2D eigenvalue weighted by Gasteiger charge is -2.19. The first-order valence-corrected chi connectivity index (χ1v) is 24.8. The van der Waals surface area contributed by atoms with Crippen molar-refractivity contribution in [1.82, 2.24) is 0 Å². The van der Waals surface area contributed by atoms with E-state index in [1.54, 1.807) is 6.92 Å².